The number of ether oxygens (including phenoxy) is 1. The van der Waals surface area contributed by atoms with Gasteiger partial charge in [-0.3, -0.25) is 20.0 Å². The number of carbonyl (C=O) groups is 3. The van der Waals surface area contributed by atoms with Crippen molar-refractivity contribution in [2.24, 2.45) is 11.6 Å². The fourth-order valence-corrected chi connectivity index (χ4v) is 3.40. The zero-order valence-electron chi connectivity index (χ0n) is 13.6. The number of alkyl halides is 2. The standard InChI is InChI=1S/C15H17F2N5O4/c16-15(17)3-1-2-10(11(15)26-14(18)25)22-6-9-8(13(22)24)4-7(5-20-9)12(23)21-19/h4-5,10-11H,1-3,6,19H2,(H2,18,25)(H,21,23)/t10-,11+/m1/s1. The molecular formula is C15H17F2N5O4. The Morgan fingerprint density at radius 2 is 2.15 bits per heavy atom. The summed E-state index contributed by atoms with van der Waals surface area (Å²) in [7, 11) is 0. The molecule has 1 aromatic rings. The van der Waals surface area contributed by atoms with E-state index in [2.05, 4.69) is 9.72 Å². The van der Waals surface area contributed by atoms with Gasteiger partial charge in [0, 0.05) is 12.6 Å². The second kappa shape index (κ2) is 6.48. The van der Waals surface area contributed by atoms with E-state index in [9.17, 15) is 23.2 Å². The molecule has 2 aliphatic rings. The van der Waals surface area contributed by atoms with Crippen LogP contribution >= 0.6 is 0 Å². The van der Waals surface area contributed by atoms with E-state index in [0.29, 0.717) is 5.69 Å². The number of nitrogens with one attached hydrogen (secondary N) is 1. The Bertz CT molecular complexity index is 772. The summed E-state index contributed by atoms with van der Waals surface area (Å²) in [5.74, 6) is 0.553. The Hall–Kier alpha value is -2.82. The van der Waals surface area contributed by atoms with Gasteiger partial charge in [-0.1, -0.05) is 0 Å². The number of halogens is 2. The monoisotopic (exact) mass is 369 g/mol. The van der Waals surface area contributed by atoms with Gasteiger partial charge in [0.25, 0.3) is 17.7 Å². The molecule has 0 spiro atoms. The van der Waals surface area contributed by atoms with Crippen LogP contribution in [0.15, 0.2) is 12.3 Å². The Morgan fingerprint density at radius 3 is 2.81 bits per heavy atom. The van der Waals surface area contributed by atoms with Gasteiger partial charge in [-0.15, -0.1) is 0 Å². The lowest BCUT2D eigenvalue weighted by Crippen LogP contribution is -2.56. The maximum atomic E-state index is 14.3. The van der Waals surface area contributed by atoms with Crippen molar-refractivity contribution in [3.63, 3.8) is 0 Å². The predicted molar refractivity (Wildman–Crippen MR) is 82.8 cm³/mol. The number of rotatable bonds is 3. The molecule has 0 aromatic carbocycles. The molecule has 3 amide bonds. The molecule has 1 saturated carbocycles. The molecule has 5 N–H and O–H groups in total. The maximum absolute atomic E-state index is 14.3. The van der Waals surface area contributed by atoms with Crippen LogP contribution in [0.5, 0.6) is 0 Å². The number of aromatic nitrogens is 1. The Labute approximate surface area is 146 Å². The molecule has 3 rings (SSSR count). The quantitative estimate of drug-likeness (QED) is 0.397. The molecule has 140 valence electrons. The third-order valence-corrected chi connectivity index (χ3v) is 4.59. The van der Waals surface area contributed by atoms with Gasteiger partial charge in [-0.05, 0) is 18.9 Å². The molecule has 1 aliphatic heterocycles. The van der Waals surface area contributed by atoms with E-state index < -0.39 is 42.4 Å². The number of hydrazine groups is 1. The van der Waals surface area contributed by atoms with Crippen molar-refractivity contribution in [1.82, 2.24) is 15.3 Å². The summed E-state index contributed by atoms with van der Waals surface area (Å²) in [6, 6.07) is 0.261. The molecule has 1 aromatic heterocycles. The van der Waals surface area contributed by atoms with Crippen molar-refractivity contribution in [3.8, 4) is 0 Å². The Morgan fingerprint density at radius 1 is 1.42 bits per heavy atom. The van der Waals surface area contributed by atoms with Crippen LogP contribution < -0.4 is 17.0 Å². The SMILES string of the molecule is NNC(=O)c1cnc2c(c1)C(=O)N([C@@H]1CCCC(F)(F)[C@H]1OC(N)=O)C2. The minimum atomic E-state index is -3.30. The number of pyridine rings is 1. The van der Waals surface area contributed by atoms with Crippen molar-refractivity contribution < 1.29 is 27.9 Å². The summed E-state index contributed by atoms with van der Waals surface area (Å²) < 4.78 is 33.2. The molecule has 26 heavy (non-hydrogen) atoms. The lowest BCUT2D eigenvalue weighted by atomic mass is 9.88. The summed E-state index contributed by atoms with van der Waals surface area (Å²) in [4.78, 5) is 40.6. The van der Waals surface area contributed by atoms with Crippen LogP contribution in [0.2, 0.25) is 0 Å². The lowest BCUT2D eigenvalue weighted by Gasteiger charge is -2.40. The Balaban J connectivity index is 1.90. The number of hydrogen-bond acceptors (Lipinski definition) is 6. The number of hydrogen-bond donors (Lipinski definition) is 3. The highest BCUT2D eigenvalue weighted by molar-refractivity contribution is 6.01. The van der Waals surface area contributed by atoms with E-state index in [1.165, 1.54) is 17.2 Å². The van der Waals surface area contributed by atoms with Crippen molar-refractivity contribution in [2.75, 3.05) is 0 Å². The predicted octanol–water partition coefficient (Wildman–Crippen LogP) is 0.293. The summed E-state index contributed by atoms with van der Waals surface area (Å²) in [6.45, 7) is -0.0297. The van der Waals surface area contributed by atoms with Gasteiger partial charge in [0.15, 0.2) is 6.10 Å². The first kappa shape index (κ1) is 18.0. The topological polar surface area (TPSA) is 141 Å². The van der Waals surface area contributed by atoms with E-state index in [4.69, 9.17) is 11.6 Å². The number of primary amides is 1. The summed E-state index contributed by atoms with van der Waals surface area (Å²) in [5, 5.41) is 0. The number of carbonyl (C=O) groups excluding carboxylic acids is 3. The van der Waals surface area contributed by atoms with Crippen molar-refractivity contribution in [1.29, 1.82) is 0 Å². The van der Waals surface area contributed by atoms with Gasteiger partial charge >= 0.3 is 6.09 Å². The number of amides is 3. The van der Waals surface area contributed by atoms with Crippen LogP contribution in [0.25, 0.3) is 0 Å². The second-order valence-corrected chi connectivity index (χ2v) is 6.20. The zero-order valence-corrected chi connectivity index (χ0v) is 13.6. The van der Waals surface area contributed by atoms with Crippen LogP contribution in [0, 0.1) is 0 Å². The lowest BCUT2D eigenvalue weighted by molar-refractivity contribution is -0.157. The molecule has 0 radical (unpaired) electrons. The molecule has 0 unspecified atom stereocenters. The average Bonchev–Trinajstić information content (AvgIpc) is 2.91. The largest absolute Gasteiger partial charge is 0.438 e. The van der Waals surface area contributed by atoms with E-state index in [0.717, 1.165) is 0 Å². The van der Waals surface area contributed by atoms with Crippen LogP contribution in [0.4, 0.5) is 13.6 Å². The summed E-state index contributed by atoms with van der Waals surface area (Å²) in [6.07, 6.45) is -2.00. The van der Waals surface area contributed by atoms with E-state index in [1.54, 1.807) is 0 Å². The minimum absolute atomic E-state index is 0.0297. The average molecular weight is 369 g/mol. The third-order valence-electron chi connectivity index (χ3n) is 4.59. The fraction of sp³-hybridized carbons (Fsp3) is 0.467. The molecule has 1 aliphatic carbocycles. The highest BCUT2D eigenvalue weighted by atomic mass is 19.3. The first-order valence-electron chi connectivity index (χ1n) is 7.89. The molecule has 11 heteroatoms. The molecule has 2 heterocycles. The fourth-order valence-electron chi connectivity index (χ4n) is 3.40. The van der Waals surface area contributed by atoms with Gasteiger partial charge in [-0.2, -0.15) is 0 Å². The van der Waals surface area contributed by atoms with Crippen LogP contribution in [0.1, 0.15) is 45.7 Å². The summed E-state index contributed by atoms with van der Waals surface area (Å²) in [5.41, 5.74) is 7.39. The normalized spacial score (nSPS) is 24.1. The number of nitrogens with two attached hydrogens (primary N) is 2. The van der Waals surface area contributed by atoms with Crippen molar-refractivity contribution >= 4 is 17.9 Å². The molecule has 1 fully saturated rings. The van der Waals surface area contributed by atoms with Gasteiger partial charge in [-0.25, -0.2) is 19.4 Å². The number of nitrogens with zero attached hydrogens (tertiary/aromatic N) is 2. The first-order valence-corrected chi connectivity index (χ1v) is 7.89. The second-order valence-electron chi connectivity index (χ2n) is 6.20. The van der Waals surface area contributed by atoms with Gasteiger partial charge < -0.3 is 15.4 Å². The smallest absolute Gasteiger partial charge is 0.405 e. The minimum Gasteiger partial charge on any atom is -0.438 e. The first-order chi connectivity index (χ1) is 12.2. The van der Waals surface area contributed by atoms with Crippen LogP contribution in [-0.2, 0) is 11.3 Å². The zero-order chi connectivity index (χ0) is 19.1. The van der Waals surface area contributed by atoms with Gasteiger partial charge in [0.05, 0.1) is 29.4 Å². The number of nitrogen functional groups attached to an aromatic ring is 1. The van der Waals surface area contributed by atoms with Crippen molar-refractivity contribution in [3.05, 3.63) is 29.1 Å². The van der Waals surface area contributed by atoms with Gasteiger partial charge in [0.1, 0.15) is 0 Å². The van der Waals surface area contributed by atoms with Crippen LogP contribution in [0.3, 0.4) is 0 Å². The van der Waals surface area contributed by atoms with E-state index >= 15 is 0 Å². The highest BCUT2D eigenvalue weighted by Crippen LogP contribution is 2.40. The molecule has 0 saturated heterocycles. The van der Waals surface area contributed by atoms with E-state index in [-0.39, 0.29) is 30.5 Å². The van der Waals surface area contributed by atoms with E-state index in [1.807, 2.05) is 5.43 Å². The maximum Gasteiger partial charge on any atom is 0.405 e. The summed E-state index contributed by atoms with van der Waals surface area (Å²) >= 11 is 0. The van der Waals surface area contributed by atoms with Crippen LogP contribution in [-0.4, -0.2) is 45.9 Å². The third kappa shape index (κ3) is 3.05. The molecular weight excluding hydrogens is 352 g/mol. The molecule has 2 atom stereocenters. The molecule has 9 nitrogen and oxygen atoms in total. The van der Waals surface area contributed by atoms with Crippen molar-refractivity contribution in [2.45, 2.75) is 43.9 Å². The molecule has 0 bridgehead atoms. The Kier molecular flexibility index (Phi) is 4.48. The number of fused-ring (bicyclic) bond motifs is 1. The highest BCUT2D eigenvalue weighted by Gasteiger charge is 2.53. The van der Waals surface area contributed by atoms with Gasteiger partial charge in [0.2, 0.25) is 0 Å².